The number of rotatable bonds is 5. The zero-order valence-corrected chi connectivity index (χ0v) is 15.3. The van der Waals surface area contributed by atoms with Gasteiger partial charge in [-0.15, -0.1) is 11.3 Å². The van der Waals surface area contributed by atoms with Gasteiger partial charge in [0.25, 0.3) is 0 Å². The second kappa shape index (κ2) is 7.27. The third-order valence-corrected chi connectivity index (χ3v) is 4.88. The van der Waals surface area contributed by atoms with Gasteiger partial charge < -0.3 is 10.2 Å². The molecule has 6 nitrogen and oxygen atoms in total. The molecule has 0 aliphatic heterocycles. The van der Waals surface area contributed by atoms with Crippen LogP contribution in [0.2, 0.25) is 0 Å². The Labute approximate surface area is 143 Å². The summed E-state index contributed by atoms with van der Waals surface area (Å²) in [6.07, 6.45) is 1.50. The molecule has 0 aromatic carbocycles. The predicted octanol–water partition coefficient (Wildman–Crippen LogP) is 2.16. The molecule has 2 amide bonds. The van der Waals surface area contributed by atoms with Crippen molar-refractivity contribution in [1.29, 1.82) is 0 Å². The molecule has 0 spiro atoms. The summed E-state index contributed by atoms with van der Waals surface area (Å²) in [5, 5.41) is 5.59. The van der Waals surface area contributed by atoms with Crippen molar-refractivity contribution in [2.45, 2.75) is 31.3 Å². The molecule has 2 aromatic rings. The van der Waals surface area contributed by atoms with E-state index in [2.05, 4.69) is 15.3 Å². The van der Waals surface area contributed by atoms with E-state index < -0.39 is 0 Å². The summed E-state index contributed by atoms with van der Waals surface area (Å²) in [6.45, 7) is 5.77. The number of hydrogen-bond acceptors (Lipinski definition) is 6. The molecule has 23 heavy (non-hydrogen) atoms. The van der Waals surface area contributed by atoms with Crippen LogP contribution in [-0.4, -0.2) is 51.6 Å². The highest BCUT2D eigenvalue weighted by Crippen LogP contribution is 2.28. The topological polar surface area (TPSA) is 75.2 Å². The van der Waals surface area contributed by atoms with Crippen molar-refractivity contribution in [2.24, 2.45) is 0 Å². The van der Waals surface area contributed by atoms with Crippen molar-refractivity contribution >= 4 is 45.1 Å². The third-order valence-electron chi connectivity index (χ3n) is 2.86. The van der Waals surface area contributed by atoms with Gasteiger partial charge in [0, 0.05) is 12.6 Å². The molecule has 0 aliphatic rings. The van der Waals surface area contributed by atoms with Crippen LogP contribution in [0.5, 0.6) is 0 Å². The molecule has 0 aliphatic carbocycles. The lowest BCUT2D eigenvalue weighted by Gasteiger charge is -2.23. The van der Waals surface area contributed by atoms with Crippen molar-refractivity contribution in [3.8, 4) is 0 Å². The largest absolute Gasteiger partial charge is 0.350 e. The van der Waals surface area contributed by atoms with Gasteiger partial charge in [0.1, 0.15) is 11.4 Å². The van der Waals surface area contributed by atoms with E-state index in [9.17, 15) is 9.59 Å². The van der Waals surface area contributed by atoms with Gasteiger partial charge in [-0.1, -0.05) is 11.8 Å². The van der Waals surface area contributed by atoms with Gasteiger partial charge in [0.2, 0.25) is 11.8 Å². The molecule has 0 fully saturated rings. The summed E-state index contributed by atoms with van der Waals surface area (Å²) >= 11 is 2.92. The molecule has 124 valence electrons. The van der Waals surface area contributed by atoms with E-state index in [-0.39, 0.29) is 29.7 Å². The number of thiophene rings is 1. The summed E-state index contributed by atoms with van der Waals surface area (Å²) in [5.74, 6) is -0.0352. The number of nitrogens with zero attached hydrogens (tertiary/aromatic N) is 3. The molecule has 0 atom stereocenters. The molecule has 0 bridgehead atoms. The highest BCUT2D eigenvalue weighted by atomic mass is 32.2. The third kappa shape index (κ3) is 5.18. The maximum absolute atomic E-state index is 12.2. The minimum atomic E-state index is -0.304. The molecule has 0 radical (unpaired) electrons. The second-order valence-electron chi connectivity index (χ2n) is 6.15. The number of nitrogens with one attached hydrogen (secondary N) is 1. The zero-order chi connectivity index (χ0) is 17.0. The summed E-state index contributed by atoms with van der Waals surface area (Å²) in [5.41, 5.74) is 0.583. The first-order valence-corrected chi connectivity index (χ1v) is 8.99. The van der Waals surface area contributed by atoms with Gasteiger partial charge in [0.15, 0.2) is 0 Å². The molecule has 1 N–H and O–H groups in total. The number of amides is 2. The van der Waals surface area contributed by atoms with Crippen molar-refractivity contribution in [3.63, 3.8) is 0 Å². The lowest BCUT2D eigenvalue weighted by molar-refractivity contribution is -0.133. The Bertz CT molecular complexity index is 709. The summed E-state index contributed by atoms with van der Waals surface area (Å²) in [7, 11) is 1.63. The Kier molecular flexibility index (Phi) is 5.59. The van der Waals surface area contributed by atoms with E-state index in [1.54, 1.807) is 18.4 Å². The van der Waals surface area contributed by atoms with Crippen LogP contribution in [0.25, 0.3) is 10.2 Å². The fourth-order valence-electron chi connectivity index (χ4n) is 1.87. The first kappa shape index (κ1) is 17.7. The van der Waals surface area contributed by atoms with Crippen LogP contribution in [0.3, 0.4) is 0 Å². The van der Waals surface area contributed by atoms with Crippen LogP contribution < -0.4 is 5.32 Å². The summed E-state index contributed by atoms with van der Waals surface area (Å²) in [4.78, 5) is 33.9. The van der Waals surface area contributed by atoms with Crippen molar-refractivity contribution < 1.29 is 9.59 Å². The first-order chi connectivity index (χ1) is 10.8. The summed E-state index contributed by atoms with van der Waals surface area (Å²) in [6, 6.07) is 1.93. The first-order valence-electron chi connectivity index (χ1n) is 7.12. The Morgan fingerprint density at radius 2 is 2.09 bits per heavy atom. The van der Waals surface area contributed by atoms with Crippen LogP contribution in [0.1, 0.15) is 20.8 Å². The van der Waals surface area contributed by atoms with Crippen molar-refractivity contribution in [2.75, 3.05) is 19.3 Å². The fraction of sp³-hybridized carbons (Fsp3) is 0.467. The average Bonchev–Trinajstić information content (AvgIpc) is 2.91. The highest BCUT2D eigenvalue weighted by molar-refractivity contribution is 8.00. The highest BCUT2D eigenvalue weighted by Gasteiger charge is 2.18. The Morgan fingerprint density at radius 3 is 2.78 bits per heavy atom. The van der Waals surface area contributed by atoms with E-state index in [0.717, 1.165) is 15.2 Å². The number of carbonyl (C=O) groups is 2. The van der Waals surface area contributed by atoms with Crippen LogP contribution in [-0.2, 0) is 9.59 Å². The molecule has 8 heteroatoms. The standard InChI is InChI=1S/C15H20N4O2S2/c1-15(2,3)18-11(20)7-19(4)12(21)8-23-14-13-10(5-6-22-13)16-9-17-14/h5-6,9H,7-8H2,1-4H3,(H,18,20). The van der Waals surface area contributed by atoms with Crippen LogP contribution in [0, 0.1) is 0 Å². The number of carbonyl (C=O) groups excluding carboxylic acids is 2. The van der Waals surface area contributed by atoms with Gasteiger partial charge in [-0.05, 0) is 32.2 Å². The van der Waals surface area contributed by atoms with Gasteiger partial charge in [-0.25, -0.2) is 9.97 Å². The number of hydrogen-bond donors (Lipinski definition) is 1. The number of likely N-dealkylation sites (N-methyl/N-ethyl adjacent to an activating group) is 1. The number of fused-ring (bicyclic) bond motifs is 1. The Morgan fingerprint density at radius 1 is 1.35 bits per heavy atom. The minimum absolute atomic E-state index is 0.0504. The van der Waals surface area contributed by atoms with Crippen molar-refractivity contribution in [1.82, 2.24) is 20.2 Å². The smallest absolute Gasteiger partial charge is 0.240 e. The van der Waals surface area contributed by atoms with Gasteiger partial charge >= 0.3 is 0 Å². The van der Waals surface area contributed by atoms with Crippen LogP contribution in [0.15, 0.2) is 22.8 Å². The molecule has 2 heterocycles. The predicted molar refractivity (Wildman–Crippen MR) is 93.7 cm³/mol. The average molecular weight is 352 g/mol. The van der Waals surface area contributed by atoms with E-state index in [1.165, 1.54) is 23.0 Å². The van der Waals surface area contributed by atoms with E-state index in [1.807, 2.05) is 32.2 Å². The number of thioether (sulfide) groups is 1. The molecule has 2 aromatic heterocycles. The molecular weight excluding hydrogens is 332 g/mol. The second-order valence-corrected chi connectivity index (χ2v) is 8.03. The van der Waals surface area contributed by atoms with Crippen molar-refractivity contribution in [3.05, 3.63) is 17.8 Å². The minimum Gasteiger partial charge on any atom is -0.350 e. The lowest BCUT2D eigenvalue weighted by Crippen LogP contribution is -2.46. The van der Waals surface area contributed by atoms with E-state index in [0.29, 0.717) is 0 Å². The Hall–Kier alpha value is -1.67. The van der Waals surface area contributed by atoms with E-state index >= 15 is 0 Å². The van der Waals surface area contributed by atoms with Gasteiger partial charge in [-0.2, -0.15) is 0 Å². The normalized spacial score (nSPS) is 11.5. The molecule has 0 unspecified atom stereocenters. The summed E-state index contributed by atoms with van der Waals surface area (Å²) < 4.78 is 0.985. The number of aromatic nitrogens is 2. The van der Waals surface area contributed by atoms with Gasteiger partial charge in [-0.3, -0.25) is 9.59 Å². The van der Waals surface area contributed by atoms with E-state index in [4.69, 9.17) is 0 Å². The molecule has 0 saturated heterocycles. The lowest BCUT2D eigenvalue weighted by atomic mass is 10.1. The van der Waals surface area contributed by atoms with Gasteiger partial charge in [0.05, 0.1) is 22.5 Å². The molecule has 2 rings (SSSR count). The van der Waals surface area contributed by atoms with Crippen LogP contribution in [0.4, 0.5) is 0 Å². The molecular formula is C15H20N4O2S2. The maximum atomic E-state index is 12.2. The maximum Gasteiger partial charge on any atom is 0.240 e. The van der Waals surface area contributed by atoms with Crippen LogP contribution >= 0.6 is 23.1 Å². The SMILES string of the molecule is CN(CC(=O)NC(C)(C)C)C(=O)CSc1ncnc2ccsc12. The quantitative estimate of drug-likeness (QED) is 0.659. The monoisotopic (exact) mass is 352 g/mol. The zero-order valence-electron chi connectivity index (χ0n) is 13.6. The Balaban J connectivity index is 1.89. The molecule has 0 saturated carbocycles. The fourth-order valence-corrected chi connectivity index (χ4v) is 3.76.